The van der Waals surface area contributed by atoms with E-state index in [9.17, 15) is 0 Å². The lowest BCUT2D eigenvalue weighted by atomic mass is 9.97. The van der Waals surface area contributed by atoms with E-state index < -0.39 is 0 Å². The van der Waals surface area contributed by atoms with E-state index in [4.69, 9.17) is 9.47 Å². The number of rotatable bonds is 3. The van der Waals surface area contributed by atoms with Gasteiger partial charge >= 0.3 is 0 Å². The minimum atomic E-state index is -0.0172. The Kier molecular flexibility index (Phi) is 4.00. The van der Waals surface area contributed by atoms with Crippen molar-refractivity contribution >= 4 is 15.9 Å². The minimum absolute atomic E-state index is 0.0172. The summed E-state index contributed by atoms with van der Waals surface area (Å²) in [5.74, 6) is 0. The Morgan fingerprint density at radius 2 is 2.08 bits per heavy atom. The number of alkyl halides is 1. The van der Waals surface area contributed by atoms with Crippen molar-refractivity contribution in [3.05, 3.63) is 0 Å². The van der Waals surface area contributed by atoms with Gasteiger partial charge in [0.15, 0.2) is 0 Å². The van der Waals surface area contributed by atoms with Gasteiger partial charge in [0.25, 0.3) is 0 Å². The average molecular weight is 237 g/mol. The standard InChI is InChI=1S/C9H17BrO2/c1-3-9(4-2)7-11-6-8(5-10)12-9/h8H,3-7H2,1-2H3. The Bertz CT molecular complexity index is 134. The van der Waals surface area contributed by atoms with E-state index >= 15 is 0 Å². The molecule has 72 valence electrons. The summed E-state index contributed by atoms with van der Waals surface area (Å²) in [6.07, 6.45) is 2.30. The van der Waals surface area contributed by atoms with Crippen LogP contribution in [-0.4, -0.2) is 30.2 Å². The molecule has 1 unspecified atom stereocenters. The van der Waals surface area contributed by atoms with Crippen LogP contribution < -0.4 is 0 Å². The zero-order valence-electron chi connectivity index (χ0n) is 7.81. The van der Waals surface area contributed by atoms with E-state index in [1.54, 1.807) is 0 Å². The molecule has 0 spiro atoms. The van der Waals surface area contributed by atoms with Gasteiger partial charge in [-0.1, -0.05) is 29.8 Å². The largest absolute Gasteiger partial charge is 0.376 e. The van der Waals surface area contributed by atoms with Gasteiger partial charge in [0.05, 0.1) is 24.9 Å². The molecule has 1 heterocycles. The highest BCUT2D eigenvalue weighted by molar-refractivity contribution is 9.09. The molecule has 0 saturated carbocycles. The molecular weight excluding hydrogens is 220 g/mol. The number of hydrogen-bond donors (Lipinski definition) is 0. The molecule has 0 N–H and O–H groups in total. The zero-order valence-corrected chi connectivity index (χ0v) is 9.39. The minimum Gasteiger partial charge on any atom is -0.376 e. The Hall–Kier alpha value is 0.400. The fraction of sp³-hybridized carbons (Fsp3) is 1.00. The van der Waals surface area contributed by atoms with Crippen molar-refractivity contribution in [2.75, 3.05) is 18.5 Å². The van der Waals surface area contributed by atoms with Gasteiger partial charge in [-0.15, -0.1) is 0 Å². The van der Waals surface area contributed by atoms with Crippen LogP contribution in [0, 0.1) is 0 Å². The van der Waals surface area contributed by atoms with Crippen LogP contribution >= 0.6 is 15.9 Å². The van der Waals surface area contributed by atoms with Gasteiger partial charge in [0.2, 0.25) is 0 Å². The number of halogens is 1. The third-order valence-corrected chi connectivity index (χ3v) is 3.27. The van der Waals surface area contributed by atoms with Crippen molar-refractivity contribution < 1.29 is 9.47 Å². The van der Waals surface area contributed by atoms with Crippen molar-refractivity contribution in [2.45, 2.75) is 38.4 Å². The van der Waals surface area contributed by atoms with Crippen LogP contribution in [0.15, 0.2) is 0 Å². The molecule has 0 radical (unpaired) electrons. The van der Waals surface area contributed by atoms with Crippen LogP contribution in [0.2, 0.25) is 0 Å². The summed E-state index contributed by atoms with van der Waals surface area (Å²) in [5, 5.41) is 0.870. The zero-order chi connectivity index (χ0) is 9.03. The molecule has 12 heavy (non-hydrogen) atoms. The molecule has 3 heteroatoms. The fourth-order valence-corrected chi connectivity index (χ4v) is 1.81. The van der Waals surface area contributed by atoms with Crippen LogP contribution in [0.25, 0.3) is 0 Å². The van der Waals surface area contributed by atoms with Crippen LogP contribution in [-0.2, 0) is 9.47 Å². The first-order valence-corrected chi connectivity index (χ1v) is 5.70. The van der Waals surface area contributed by atoms with Crippen LogP contribution in [0.4, 0.5) is 0 Å². The molecule has 1 atom stereocenters. The summed E-state index contributed by atoms with van der Waals surface area (Å²) < 4.78 is 11.5. The normalized spacial score (nSPS) is 28.8. The monoisotopic (exact) mass is 236 g/mol. The maximum absolute atomic E-state index is 5.95. The molecule has 0 amide bonds. The lowest BCUT2D eigenvalue weighted by Crippen LogP contribution is -2.47. The third kappa shape index (κ3) is 2.21. The Morgan fingerprint density at radius 1 is 1.42 bits per heavy atom. The van der Waals surface area contributed by atoms with E-state index in [0.29, 0.717) is 0 Å². The second-order valence-electron chi connectivity index (χ2n) is 3.30. The molecule has 0 aliphatic carbocycles. The van der Waals surface area contributed by atoms with Crippen LogP contribution in [0.5, 0.6) is 0 Å². The van der Waals surface area contributed by atoms with Gasteiger partial charge in [-0.2, -0.15) is 0 Å². The average Bonchev–Trinajstić information content (AvgIpc) is 2.18. The Labute approximate surface area is 82.7 Å². The summed E-state index contributed by atoms with van der Waals surface area (Å²) in [4.78, 5) is 0. The fourth-order valence-electron chi connectivity index (χ4n) is 1.49. The van der Waals surface area contributed by atoms with Gasteiger partial charge in [-0.05, 0) is 12.8 Å². The van der Waals surface area contributed by atoms with Crippen molar-refractivity contribution in [1.82, 2.24) is 0 Å². The summed E-state index contributed by atoms with van der Waals surface area (Å²) >= 11 is 3.42. The topological polar surface area (TPSA) is 18.5 Å². The van der Waals surface area contributed by atoms with E-state index in [0.717, 1.165) is 31.4 Å². The molecule has 2 nitrogen and oxygen atoms in total. The van der Waals surface area contributed by atoms with E-state index in [1.807, 2.05) is 0 Å². The molecular formula is C9H17BrO2. The van der Waals surface area contributed by atoms with Gasteiger partial charge in [-0.25, -0.2) is 0 Å². The highest BCUT2D eigenvalue weighted by Gasteiger charge is 2.34. The predicted octanol–water partition coefficient (Wildman–Crippen LogP) is 2.36. The molecule has 0 bridgehead atoms. The summed E-state index contributed by atoms with van der Waals surface area (Å²) in [5.41, 5.74) is -0.0172. The van der Waals surface area contributed by atoms with Gasteiger partial charge < -0.3 is 9.47 Å². The van der Waals surface area contributed by atoms with Crippen molar-refractivity contribution in [2.24, 2.45) is 0 Å². The van der Waals surface area contributed by atoms with Gasteiger partial charge in [-0.3, -0.25) is 0 Å². The first-order valence-electron chi connectivity index (χ1n) is 4.58. The van der Waals surface area contributed by atoms with Crippen LogP contribution in [0.3, 0.4) is 0 Å². The quantitative estimate of drug-likeness (QED) is 0.701. The summed E-state index contributed by atoms with van der Waals surface area (Å²) in [7, 11) is 0. The second-order valence-corrected chi connectivity index (χ2v) is 3.95. The van der Waals surface area contributed by atoms with E-state index in [1.165, 1.54) is 0 Å². The number of ether oxygens (including phenoxy) is 2. The summed E-state index contributed by atoms with van der Waals surface area (Å²) in [6, 6.07) is 0. The molecule has 1 aliphatic rings. The van der Waals surface area contributed by atoms with Crippen LogP contribution in [0.1, 0.15) is 26.7 Å². The molecule has 0 aromatic heterocycles. The number of hydrogen-bond acceptors (Lipinski definition) is 2. The highest BCUT2D eigenvalue weighted by Crippen LogP contribution is 2.27. The summed E-state index contributed by atoms with van der Waals surface area (Å²) in [6.45, 7) is 5.80. The molecule has 0 aromatic rings. The molecule has 0 aromatic carbocycles. The van der Waals surface area contributed by atoms with E-state index in [2.05, 4.69) is 29.8 Å². The smallest absolute Gasteiger partial charge is 0.0914 e. The SMILES string of the molecule is CCC1(CC)COCC(CBr)O1. The highest BCUT2D eigenvalue weighted by atomic mass is 79.9. The van der Waals surface area contributed by atoms with Crippen molar-refractivity contribution in [1.29, 1.82) is 0 Å². The van der Waals surface area contributed by atoms with Crippen molar-refractivity contribution in [3.8, 4) is 0 Å². The molecule has 1 saturated heterocycles. The van der Waals surface area contributed by atoms with Gasteiger partial charge in [0, 0.05) is 5.33 Å². The van der Waals surface area contributed by atoms with Crippen molar-refractivity contribution in [3.63, 3.8) is 0 Å². The Balaban J connectivity index is 2.52. The third-order valence-electron chi connectivity index (χ3n) is 2.55. The Morgan fingerprint density at radius 3 is 2.58 bits per heavy atom. The predicted molar refractivity (Wildman–Crippen MR) is 52.8 cm³/mol. The van der Waals surface area contributed by atoms with Gasteiger partial charge in [0.1, 0.15) is 0 Å². The molecule has 1 rings (SSSR count). The molecule has 1 fully saturated rings. The maximum Gasteiger partial charge on any atom is 0.0914 e. The first-order chi connectivity index (χ1) is 5.76. The first kappa shape index (κ1) is 10.5. The second kappa shape index (κ2) is 4.58. The molecule has 1 aliphatic heterocycles. The maximum atomic E-state index is 5.95. The lowest BCUT2D eigenvalue weighted by molar-refractivity contribution is -0.193. The van der Waals surface area contributed by atoms with E-state index in [-0.39, 0.29) is 11.7 Å². The lowest BCUT2D eigenvalue weighted by Gasteiger charge is -2.39.